The fourth-order valence-electron chi connectivity index (χ4n) is 2.38. The molecule has 134 valence electrons. The Hall–Kier alpha value is -3.42. The Labute approximate surface area is 149 Å². The minimum Gasteiger partial charge on any atom is -0.497 e. The van der Waals surface area contributed by atoms with E-state index >= 15 is 0 Å². The molecule has 0 aliphatic carbocycles. The lowest BCUT2D eigenvalue weighted by atomic mass is 10.2. The lowest BCUT2D eigenvalue weighted by Gasteiger charge is -2.08. The van der Waals surface area contributed by atoms with Crippen molar-refractivity contribution in [3.05, 3.63) is 59.9 Å². The molecule has 1 aromatic heterocycles. The fraction of sp³-hybridized carbons (Fsp3) is 0.167. The van der Waals surface area contributed by atoms with E-state index < -0.39 is 5.91 Å². The Morgan fingerprint density at radius 2 is 1.69 bits per heavy atom. The highest BCUT2D eigenvalue weighted by Crippen LogP contribution is 2.26. The van der Waals surface area contributed by atoms with Crippen LogP contribution in [0.2, 0.25) is 0 Å². The summed E-state index contributed by atoms with van der Waals surface area (Å²) < 4.78 is 24.9. The number of hydrogen-bond donors (Lipinski definition) is 1. The average Bonchev–Trinajstić information content (AvgIpc) is 3.04. The van der Waals surface area contributed by atoms with Gasteiger partial charge in [0, 0.05) is 23.9 Å². The van der Waals surface area contributed by atoms with Crippen LogP contribution in [0.25, 0.3) is 5.69 Å². The lowest BCUT2D eigenvalue weighted by Crippen LogP contribution is -2.14. The van der Waals surface area contributed by atoms with E-state index in [0.717, 1.165) is 0 Å². The maximum Gasteiger partial charge on any atom is 0.295 e. The Kier molecular flexibility index (Phi) is 4.83. The zero-order valence-corrected chi connectivity index (χ0v) is 14.5. The molecule has 3 rings (SSSR count). The number of hydrogen-bond acceptors (Lipinski definition) is 5. The second kappa shape index (κ2) is 7.22. The van der Waals surface area contributed by atoms with Gasteiger partial charge in [-0.15, -0.1) is 5.10 Å². The monoisotopic (exact) mass is 356 g/mol. The van der Waals surface area contributed by atoms with Crippen LogP contribution in [0.4, 0.5) is 10.1 Å². The summed E-state index contributed by atoms with van der Waals surface area (Å²) in [6.07, 6.45) is 0. The standard InChI is InChI=1S/C18H17FN4O3/c1-11-20-17(22-23(11)14-6-4-12(19)5-7-14)18(24)21-13-8-15(25-2)10-16(9-13)26-3/h4-10H,1-3H3,(H,21,24). The zero-order chi connectivity index (χ0) is 18.7. The van der Waals surface area contributed by atoms with Crippen LogP contribution in [0.1, 0.15) is 16.4 Å². The van der Waals surface area contributed by atoms with Crippen molar-refractivity contribution >= 4 is 11.6 Å². The highest BCUT2D eigenvalue weighted by Gasteiger charge is 2.16. The largest absolute Gasteiger partial charge is 0.497 e. The Balaban J connectivity index is 1.85. The van der Waals surface area contributed by atoms with Gasteiger partial charge in [-0.05, 0) is 31.2 Å². The van der Waals surface area contributed by atoms with Crippen molar-refractivity contribution in [1.29, 1.82) is 0 Å². The van der Waals surface area contributed by atoms with Gasteiger partial charge in [0.2, 0.25) is 5.82 Å². The van der Waals surface area contributed by atoms with Crippen molar-refractivity contribution < 1.29 is 18.7 Å². The van der Waals surface area contributed by atoms with Crippen LogP contribution in [0.3, 0.4) is 0 Å². The minimum atomic E-state index is -0.482. The number of nitrogens with one attached hydrogen (secondary N) is 1. The molecule has 0 aliphatic heterocycles. The molecule has 0 saturated carbocycles. The van der Waals surface area contributed by atoms with E-state index in [2.05, 4.69) is 15.4 Å². The van der Waals surface area contributed by atoms with Gasteiger partial charge in [0.1, 0.15) is 23.1 Å². The number of benzene rings is 2. The Morgan fingerprint density at radius 3 is 2.27 bits per heavy atom. The molecule has 7 nitrogen and oxygen atoms in total. The molecule has 0 unspecified atom stereocenters. The smallest absolute Gasteiger partial charge is 0.295 e. The summed E-state index contributed by atoms with van der Waals surface area (Å²) in [5, 5.41) is 6.91. The molecular formula is C18H17FN4O3. The Bertz CT molecular complexity index is 916. The first kappa shape index (κ1) is 17.4. The molecule has 1 N–H and O–H groups in total. The molecule has 0 saturated heterocycles. The molecule has 0 spiro atoms. The van der Waals surface area contributed by atoms with Crippen molar-refractivity contribution in [1.82, 2.24) is 14.8 Å². The van der Waals surface area contributed by atoms with Gasteiger partial charge in [-0.1, -0.05) is 0 Å². The normalized spacial score (nSPS) is 10.5. The van der Waals surface area contributed by atoms with E-state index in [1.165, 1.54) is 31.0 Å². The number of methoxy groups -OCH3 is 2. The lowest BCUT2D eigenvalue weighted by molar-refractivity contribution is 0.101. The molecule has 0 fully saturated rings. The minimum absolute atomic E-state index is 0.00592. The Morgan fingerprint density at radius 1 is 1.08 bits per heavy atom. The molecule has 2 aromatic carbocycles. The van der Waals surface area contributed by atoms with E-state index in [9.17, 15) is 9.18 Å². The van der Waals surface area contributed by atoms with E-state index in [1.807, 2.05) is 0 Å². The third-order valence-electron chi connectivity index (χ3n) is 3.65. The first-order chi connectivity index (χ1) is 12.5. The van der Waals surface area contributed by atoms with Gasteiger partial charge in [0.25, 0.3) is 5.91 Å². The molecule has 26 heavy (non-hydrogen) atoms. The van der Waals surface area contributed by atoms with Crippen LogP contribution >= 0.6 is 0 Å². The molecule has 1 heterocycles. The van der Waals surface area contributed by atoms with E-state index in [-0.39, 0.29) is 11.6 Å². The number of halogens is 1. The van der Waals surface area contributed by atoms with Gasteiger partial charge in [0.15, 0.2) is 0 Å². The highest BCUT2D eigenvalue weighted by atomic mass is 19.1. The van der Waals surface area contributed by atoms with Crippen LogP contribution in [0.15, 0.2) is 42.5 Å². The SMILES string of the molecule is COc1cc(NC(=O)c2nc(C)n(-c3ccc(F)cc3)n2)cc(OC)c1. The summed E-state index contributed by atoms with van der Waals surface area (Å²) in [6.45, 7) is 1.71. The summed E-state index contributed by atoms with van der Waals surface area (Å²) >= 11 is 0. The van der Waals surface area contributed by atoms with Gasteiger partial charge in [-0.2, -0.15) is 0 Å². The molecule has 0 atom stereocenters. The number of carbonyl (C=O) groups excluding carboxylic acids is 1. The second-order valence-corrected chi connectivity index (χ2v) is 5.43. The van der Waals surface area contributed by atoms with Crippen LogP contribution in [0, 0.1) is 12.7 Å². The molecule has 3 aromatic rings. The van der Waals surface area contributed by atoms with Crippen LogP contribution in [0.5, 0.6) is 11.5 Å². The average molecular weight is 356 g/mol. The highest BCUT2D eigenvalue weighted by molar-refractivity contribution is 6.01. The maximum atomic E-state index is 13.1. The van der Waals surface area contributed by atoms with Gasteiger partial charge in [0.05, 0.1) is 19.9 Å². The molecule has 8 heteroatoms. The summed E-state index contributed by atoms with van der Waals surface area (Å²) in [4.78, 5) is 16.6. The van der Waals surface area contributed by atoms with Gasteiger partial charge in [-0.3, -0.25) is 4.79 Å². The molecular weight excluding hydrogens is 339 g/mol. The number of amides is 1. The van der Waals surface area contributed by atoms with Crippen LogP contribution < -0.4 is 14.8 Å². The fourth-order valence-corrected chi connectivity index (χ4v) is 2.38. The third-order valence-corrected chi connectivity index (χ3v) is 3.65. The third kappa shape index (κ3) is 3.64. The summed E-state index contributed by atoms with van der Waals surface area (Å²) in [5.74, 6) is 0.751. The van der Waals surface area contributed by atoms with E-state index in [0.29, 0.717) is 28.7 Å². The quantitative estimate of drug-likeness (QED) is 0.760. The van der Waals surface area contributed by atoms with Gasteiger partial charge in [-0.25, -0.2) is 14.1 Å². The number of aromatic nitrogens is 3. The number of anilines is 1. The van der Waals surface area contributed by atoms with Crippen LogP contribution in [-0.4, -0.2) is 34.9 Å². The molecule has 0 bridgehead atoms. The van der Waals surface area contributed by atoms with Crippen molar-refractivity contribution in [3.63, 3.8) is 0 Å². The van der Waals surface area contributed by atoms with Crippen molar-refractivity contribution in [3.8, 4) is 17.2 Å². The van der Waals surface area contributed by atoms with Crippen molar-refractivity contribution in [2.24, 2.45) is 0 Å². The van der Waals surface area contributed by atoms with Crippen molar-refractivity contribution in [2.75, 3.05) is 19.5 Å². The summed E-state index contributed by atoms with van der Waals surface area (Å²) in [5.41, 5.74) is 1.10. The van der Waals surface area contributed by atoms with E-state index in [1.54, 1.807) is 37.3 Å². The number of nitrogens with zero attached hydrogens (tertiary/aromatic N) is 3. The summed E-state index contributed by atoms with van der Waals surface area (Å²) in [6, 6.07) is 10.8. The first-order valence-corrected chi connectivity index (χ1v) is 7.74. The first-order valence-electron chi connectivity index (χ1n) is 7.74. The molecule has 1 amide bonds. The van der Waals surface area contributed by atoms with E-state index in [4.69, 9.17) is 9.47 Å². The summed E-state index contributed by atoms with van der Waals surface area (Å²) in [7, 11) is 3.05. The van der Waals surface area contributed by atoms with Gasteiger partial charge >= 0.3 is 0 Å². The molecule has 0 aliphatic rings. The van der Waals surface area contributed by atoms with Crippen LogP contribution in [-0.2, 0) is 0 Å². The predicted molar refractivity (Wildman–Crippen MR) is 93.6 cm³/mol. The number of ether oxygens (including phenoxy) is 2. The maximum absolute atomic E-state index is 13.1. The topological polar surface area (TPSA) is 78.3 Å². The zero-order valence-electron chi connectivity index (χ0n) is 14.5. The number of aryl methyl sites for hydroxylation is 1. The van der Waals surface area contributed by atoms with Crippen molar-refractivity contribution in [2.45, 2.75) is 6.92 Å². The second-order valence-electron chi connectivity index (χ2n) is 5.43. The number of carbonyl (C=O) groups is 1. The van der Waals surface area contributed by atoms with Gasteiger partial charge < -0.3 is 14.8 Å². The molecule has 0 radical (unpaired) electrons. The predicted octanol–water partition coefficient (Wildman–Crippen LogP) is 2.98. The number of rotatable bonds is 5.